The standard InChI is InChI=1S/C9H16N2O2/c1-4-6(5-2)9(3)7(12)10-8(13)11-9/h6H,4-5H2,1-3H3,(H2,10,11,12,13). The SMILES string of the molecule is CCC(CC)C1(C)NC(=O)NC1=O. The van der Waals surface area contributed by atoms with Crippen LogP contribution in [0.3, 0.4) is 0 Å². The molecule has 0 aromatic heterocycles. The zero-order chi connectivity index (χ0) is 10.1. The van der Waals surface area contributed by atoms with E-state index in [2.05, 4.69) is 10.6 Å². The van der Waals surface area contributed by atoms with Crippen molar-refractivity contribution in [3.8, 4) is 0 Å². The maximum Gasteiger partial charge on any atom is 0.322 e. The molecule has 0 spiro atoms. The fourth-order valence-corrected chi connectivity index (χ4v) is 1.95. The number of hydrogen-bond donors (Lipinski definition) is 2. The fraction of sp³-hybridized carbons (Fsp3) is 0.778. The molecule has 0 saturated carbocycles. The largest absolute Gasteiger partial charge is 0.323 e. The van der Waals surface area contributed by atoms with Gasteiger partial charge in [0.25, 0.3) is 5.91 Å². The van der Waals surface area contributed by atoms with Crippen molar-refractivity contribution >= 4 is 11.9 Å². The monoisotopic (exact) mass is 184 g/mol. The molecule has 1 heterocycles. The molecule has 74 valence electrons. The van der Waals surface area contributed by atoms with E-state index in [0.29, 0.717) is 0 Å². The molecule has 1 atom stereocenters. The molecule has 1 aliphatic rings. The smallest absolute Gasteiger partial charge is 0.322 e. The Morgan fingerprint density at radius 3 is 2.15 bits per heavy atom. The molecule has 0 radical (unpaired) electrons. The molecular weight excluding hydrogens is 168 g/mol. The number of carbonyl (C=O) groups is 2. The van der Waals surface area contributed by atoms with Gasteiger partial charge in [0.15, 0.2) is 0 Å². The Labute approximate surface area is 78.1 Å². The topological polar surface area (TPSA) is 58.2 Å². The van der Waals surface area contributed by atoms with Crippen LogP contribution in [0.15, 0.2) is 0 Å². The second-order valence-electron chi connectivity index (χ2n) is 3.62. The summed E-state index contributed by atoms with van der Waals surface area (Å²) in [6.07, 6.45) is 1.78. The Balaban J connectivity index is 2.86. The lowest BCUT2D eigenvalue weighted by Crippen LogP contribution is -2.50. The summed E-state index contributed by atoms with van der Waals surface area (Å²) in [5.41, 5.74) is -0.708. The van der Waals surface area contributed by atoms with Crippen LogP contribution in [0.25, 0.3) is 0 Å². The van der Waals surface area contributed by atoms with Gasteiger partial charge in [0, 0.05) is 0 Å². The van der Waals surface area contributed by atoms with Gasteiger partial charge in [-0.2, -0.15) is 0 Å². The number of imide groups is 1. The molecule has 2 N–H and O–H groups in total. The Morgan fingerprint density at radius 2 is 1.85 bits per heavy atom. The van der Waals surface area contributed by atoms with Crippen molar-refractivity contribution in [2.75, 3.05) is 0 Å². The van der Waals surface area contributed by atoms with Gasteiger partial charge in [0.2, 0.25) is 0 Å². The number of hydrogen-bond acceptors (Lipinski definition) is 2. The lowest BCUT2D eigenvalue weighted by molar-refractivity contribution is -0.125. The van der Waals surface area contributed by atoms with Gasteiger partial charge in [0.1, 0.15) is 5.54 Å². The highest BCUT2D eigenvalue weighted by Crippen LogP contribution is 2.26. The first-order valence-electron chi connectivity index (χ1n) is 4.68. The number of rotatable bonds is 3. The van der Waals surface area contributed by atoms with Gasteiger partial charge in [-0.3, -0.25) is 10.1 Å². The van der Waals surface area contributed by atoms with Crippen molar-refractivity contribution in [1.29, 1.82) is 0 Å². The van der Waals surface area contributed by atoms with Gasteiger partial charge in [-0.05, 0) is 12.8 Å². The van der Waals surface area contributed by atoms with Crippen molar-refractivity contribution in [2.24, 2.45) is 5.92 Å². The van der Waals surface area contributed by atoms with E-state index in [4.69, 9.17) is 0 Å². The first kappa shape index (κ1) is 10.0. The molecule has 0 aliphatic carbocycles. The quantitative estimate of drug-likeness (QED) is 0.643. The van der Waals surface area contributed by atoms with Crippen molar-refractivity contribution in [1.82, 2.24) is 10.6 Å². The van der Waals surface area contributed by atoms with Crippen LogP contribution in [-0.4, -0.2) is 17.5 Å². The molecule has 1 rings (SSSR count). The summed E-state index contributed by atoms with van der Waals surface area (Å²) in [6, 6.07) is -0.376. The van der Waals surface area contributed by atoms with E-state index in [1.165, 1.54) is 0 Å². The van der Waals surface area contributed by atoms with E-state index >= 15 is 0 Å². The van der Waals surface area contributed by atoms with Crippen molar-refractivity contribution < 1.29 is 9.59 Å². The molecular formula is C9H16N2O2. The van der Waals surface area contributed by atoms with Crippen LogP contribution in [0.5, 0.6) is 0 Å². The summed E-state index contributed by atoms with van der Waals surface area (Å²) in [5, 5.41) is 4.95. The van der Waals surface area contributed by atoms with Crippen molar-refractivity contribution in [3.05, 3.63) is 0 Å². The molecule has 1 fully saturated rings. The Morgan fingerprint density at radius 1 is 1.31 bits per heavy atom. The Kier molecular flexibility index (Phi) is 2.59. The van der Waals surface area contributed by atoms with Crippen LogP contribution in [-0.2, 0) is 4.79 Å². The number of urea groups is 1. The lowest BCUT2D eigenvalue weighted by atomic mass is 9.82. The van der Waals surface area contributed by atoms with E-state index in [1.807, 2.05) is 13.8 Å². The fourth-order valence-electron chi connectivity index (χ4n) is 1.95. The molecule has 3 amide bonds. The van der Waals surface area contributed by atoms with Gasteiger partial charge in [0.05, 0.1) is 0 Å². The third-order valence-electron chi connectivity index (χ3n) is 2.87. The number of amides is 3. The third-order valence-corrected chi connectivity index (χ3v) is 2.87. The van der Waals surface area contributed by atoms with Gasteiger partial charge < -0.3 is 5.32 Å². The third kappa shape index (κ3) is 1.53. The van der Waals surface area contributed by atoms with Gasteiger partial charge in [-0.25, -0.2) is 4.79 Å². The second-order valence-corrected chi connectivity index (χ2v) is 3.62. The van der Waals surface area contributed by atoms with E-state index in [9.17, 15) is 9.59 Å². The van der Waals surface area contributed by atoms with Gasteiger partial charge in [-0.1, -0.05) is 26.7 Å². The Hall–Kier alpha value is -1.06. The van der Waals surface area contributed by atoms with E-state index < -0.39 is 5.54 Å². The summed E-state index contributed by atoms with van der Waals surface area (Å²) < 4.78 is 0. The van der Waals surface area contributed by atoms with Crippen molar-refractivity contribution in [2.45, 2.75) is 39.2 Å². The number of carbonyl (C=O) groups excluding carboxylic acids is 2. The summed E-state index contributed by atoms with van der Waals surface area (Å²) >= 11 is 0. The molecule has 0 aromatic rings. The predicted octanol–water partition coefficient (Wildman–Crippen LogP) is 1.02. The van der Waals surface area contributed by atoms with Crippen molar-refractivity contribution in [3.63, 3.8) is 0 Å². The zero-order valence-corrected chi connectivity index (χ0v) is 8.31. The van der Waals surface area contributed by atoms with Crippen LogP contribution in [0.4, 0.5) is 4.79 Å². The van der Waals surface area contributed by atoms with Crippen LogP contribution < -0.4 is 10.6 Å². The van der Waals surface area contributed by atoms with Gasteiger partial charge >= 0.3 is 6.03 Å². The van der Waals surface area contributed by atoms with Crippen LogP contribution in [0, 0.1) is 5.92 Å². The summed E-state index contributed by atoms with van der Waals surface area (Å²) in [7, 11) is 0. The first-order valence-corrected chi connectivity index (χ1v) is 4.68. The molecule has 4 nitrogen and oxygen atoms in total. The van der Waals surface area contributed by atoms with Crippen LogP contribution in [0.1, 0.15) is 33.6 Å². The first-order chi connectivity index (χ1) is 6.04. The summed E-state index contributed by atoms with van der Waals surface area (Å²) in [4.78, 5) is 22.4. The molecule has 0 bridgehead atoms. The highest BCUT2D eigenvalue weighted by atomic mass is 16.2. The molecule has 1 unspecified atom stereocenters. The second kappa shape index (κ2) is 3.36. The maximum absolute atomic E-state index is 11.5. The molecule has 13 heavy (non-hydrogen) atoms. The highest BCUT2D eigenvalue weighted by Gasteiger charge is 2.46. The average Bonchev–Trinajstić information content (AvgIpc) is 2.29. The number of nitrogens with one attached hydrogen (secondary N) is 2. The Bertz CT molecular complexity index is 236. The van der Waals surface area contributed by atoms with E-state index in [-0.39, 0.29) is 17.9 Å². The van der Waals surface area contributed by atoms with Gasteiger partial charge in [-0.15, -0.1) is 0 Å². The lowest BCUT2D eigenvalue weighted by Gasteiger charge is -2.29. The predicted molar refractivity (Wildman–Crippen MR) is 49.2 cm³/mol. The van der Waals surface area contributed by atoms with E-state index in [0.717, 1.165) is 12.8 Å². The van der Waals surface area contributed by atoms with Crippen LogP contribution in [0.2, 0.25) is 0 Å². The normalized spacial score (nSPS) is 27.7. The van der Waals surface area contributed by atoms with E-state index in [1.54, 1.807) is 6.92 Å². The minimum absolute atomic E-state index is 0.203. The molecule has 1 aliphatic heterocycles. The van der Waals surface area contributed by atoms with Crippen LogP contribution >= 0.6 is 0 Å². The maximum atomic E-state index is 11.5. The zero-order valence-electron chi connectivity index (χ0n) is 8.31. The minimum atomic E-state index is -0.708. The molecule has 4 heteroatoms. The summed E-state index contributed by atoms with van der Waals surface area (Å²) in [6.45, 7) is 5.83. The molecule has 1 saturated heterocycles. The minimum Gasteiger partial charge on any atom is -0.323 e. The summed E-state index contributed by atoms with van der Waals surface area (Å²) in [5.74, 6) is 0.00477. The molecule has 0 aromatic carbocycles. The average molecular weight is 184 g/mol. The highest BCUT2D eigenvalue weighted by molar-refractivity contribution is 6.06.